The van der Waals surface area contributed by atoms with Gasteiger partial charge in [-0.3, -0.25) is 9.80 Å². The van der Waals surface area contributed by atoms with Crippen LogP contribution in [0.4, 0.5) is 4.39 Å². The Labute approximate surface area is 114 Å². The number of aromatic hydroxyl groups is 1. The summed E-state index contributed by atoms with van der Waals surface area (Å²) in [5.74, 6) is -0.110. The van der Waals surface area contributed by atoms with Crippen LogP contribution in [0.25, 0.3) is 0 Å². The highest BCUT2D eigenvalue weighted by molar-refractivity contribution is 5.32. The van der Waals surface area contributed by atoms with Crippen LogP contribution < -0.4 is 0 Å². The minimum Gasteiger partial charge on any atom is -0.508 e. The van der Waals surface area contributed by atoms with Gasteiger partial charge in [0.15, 0.2) is 0 Å². The molecule has 106 valence electrons. The molecule has 0 spiro atoms. The van der Waals surface area contributed by atoms with Crippen LogP contribution in [-0.2, 0) is 6.54 Å². The molecule has 0 aromatic heterocycles. The van der Waals surface area contributed by atoms with Gasteiger partial charge in [-0.05, 0) is 39.0 Å². The lowest BCUT2D eigenvalue weighted by atomic mass is 10.0. The summed E-state index contributed by atoms with van der Waals surface area (Å²) in [7, 11) is 0. The fourth-order valence-electron chi connectivity index (χ4n) is 2.50. The number of piperazine rings is 1. The third-order valence-corrected chi connectivity index (χ3v) is 3.76. The van der Waals surface area contributed by atoms with E-state index in [2.05, 4.69) is 30.6 Å². The van der Waals surface area contributed by atoms with Crippen LogP contribution in [0.3, 0.4) is 0 Å². The van der Waals surface area contributed by atoms with Gasteiger partial charge >= 0.3 is 0 Å². The van der Waals surface area contributed by atoms with Gasteiger partial charge in [-0.2, -0.15) is 0 Å². The first-order chi connectivity index (χ1) is 8.86. The molecule has 0 amide bonds. The van der Waals surface area contributed by atoms with Gasteiger partial charge in [0.1, 0.15) is 11.6 Å². The Balaban J connectivity index is 1.94. The first-order valence-corrected chi connectivity index (χ1v) is 6.81. The van der Waals surface area contributed by atoms with Crippen molar-refractivity contribution >= 4 is 0 Å². The van der Waals surface area contributed by atoms with Gasteiger partial charge in [-0.15, -0.1) is 0 Å². The third kappa shape index (κ3) is 3.67. The number of nitrogens with zero attached hydrogens (tertiary/aromatic N) is 2. The largest absolute Gasteiger partial charge is 0.508 e. The first kappa shape index (κ1) is 14.3. The minimum absolute atomic E-state index is 0.180. The molecular formula is C15H23FN2O. The Morgan fingerprint density at radius 3 is 2.37 bits per heavy atom. The molecule has 1 fully saturated rings. The van der Waals surface area contributed by atoms with E-state index >= 15 is 0 Å². The maximum Gasteiger partial charge on any atom is 0.123 e. The second kappa shape index (κ2) is 5.47. The molecule has 19 heavy (non-hydrogen) atoms. The van der Waals surface area contributed by atoms with Crippen molar-refractivity contribution in [1.82, 2.24) is 9.80 Å². The van der Waals surface area contributed by atoms with Gasteiger partial charge in [-0.1, -0.05) is 0 Å². The molecule has 0 saturated carbocycles. The minimum atomic E-state index is -0.291. The molecule has 0 aliphatic carbocycles. The Morgan fingerprint density at radius 1 is 1.16 bits per heavy atom. The van der Waals surface area contributed by atoms with Crippen LogP contribution in [0.1, 0.15) is 26.3 Å². The molecule has 4 heteroatoms. The predicted molar refractivity (Wildman–Crippen MR) is 74.7 cm³/mol. The van der Waals surface area contributed by atoms with E-state index < -0.39 is 0 Å². The average molecular weight is 266 g/mol. The van der Waals surface area contributed by atoms with Crippen LogP contribution in [0, 0.1) is 5.82 Å². The lowest BCUT2D eigenvalue weighted by Gasteiger charge is -2.42. The van der Waals surface area contributed by atoms with Crippen LogP contribution in [-0.4, -0.2) is 46.6 Å². The van der Waals surface area contributed by atoms with Crippen LogP contribution in [0.15, 0.2) is 18.2 Å². The number of rotatable bonds is 2. The highest BCUT2D eigenvalue weighted by atomic mass is 19.1. The van der Waals surface area contributed by atoms with Crippen molar-refractivity contribution in [2.24, 2.45) is 0 Å². The van der Waals surface area contributed by atoms with Crippen molar-refractivity contribution in [1.29, 1.82) is 0 Å². The SMILES string of the molecule is CC(C)(C)N1CCN(Cc2cc(F)ccc2O)CC1. The molecule has 0 bridgehead atoms. The van der Waals surface area contributed by atoms with Crippen molar-refractivity contribution in [3.05, 3.63) is 29.6 Å². The van der Waals surface area contributed by atoms with Gasteiger partial charge in [0.25, 0.3) is 0 Å². The topological polar surface area (TPSA) is 26.7 Å². The summed E-state index contributed by atoms with van der Waals surface area (Å²) in [6, 6.07) is 4.14. The lowest BCUT2D eigenvalue weighted by Crippen LogP contribution is -2.53. The molecule has 1 saturated heterocycles. The van der Waals surface area contributed by atoms with Crippen molar-refractivity contribution in [3.63, 3.8) is 0 Å². The number of halogens is 1. The van der Waals surface area contributed by atoms with E-state index in [1.807, 2.05) is 0 Å². The average Bonchev–Trinajstić information content (AvgIpc) is 2.33. The molecule has 1 heterocycles. The number of phenolic OH excluding ortho intramolecular Hbond substituents is 1. The Bertz CT molecular complexity index is 434. The molecule has 1 aliphatic heterocycles. The molecule has 1 aromatic carbocycles. The van der Waals surface area contributed by atoms with Crippen molar-refractivity contribution in [3.8, 4) is 5.75 Å². The predicted octanol–water partition coefficient (Wildman–Crippen LogP) is 2.45. The quantitative estimate of drug-likeness (QED) is 0.890. The van der Waals surface area contributed by atoms with E-state index in [0.717, 1.165) is 26.2 Å². The molecule has 1 N–H and O–H groups in total. The summed E-state index contributed by atoms with van der Waals surface area (Å²) in [4.78, 5) is 4.71. The summed E-state index contributed by atoms with van der Waals surface area (Å²) >= 11 is 0. The molecule has 0 radical (unpaired) electrons. The van der Waals surface area contributed by atoms with Crippen molar-refractivity contribution in [2.45, 2.75) is 32.9 Å². The van der Waals surface area contributed by atoms with Crippen LogP contribution in [0.2, 0.25) is 0 Å². The fraction of sp³-hybridized carbons (Fsp3) is 0.600. The normalized spacial score (nSPS) is 18.7. The van der Waals surface area contributed by atoms with Gasteiger partial charge < -0.3 is 5.11 Å². The standard InChI is InChI=1S/C15H23FN2O/c1-15(2,3)18-8-6-17(7-9-18)11-12-10-13(16)4-5-14(12)19/h4-5,10,19H,6-9,11H2,1-3H3. The maximum atomic E-state index is 13.2. The maximum absolute atomic E-state index is 13.2. The summed E-state index contributed by atoms with van der Waals surface area (Å²) in [5, 5.41) is 9.74. The lowest BCUT2D eigenvalue weighted by molar-refractivity contribution is 0.0587. The molecule has 1 aromatic rings. The Kier molecular flexibility index (Phi) is 4.11. The number of hydrogen-bond acceptors (Lipinski definition) is 3. The third-order valence-electron chi connectivity index (χ3n) is 3.76. The van der Waals surface area contributed by atoms with E-state index in [4.69, 9.17) is 0 Å². The smallest absolute Gasteiger partial charge is 0.123 e. The highest BCUT2D eigenvalue weighted by Crippen LogP contribution is 2.22. The Hall–Kier alpha value is -1.13. The second-order valence-corrected chi connectivity index (χ2v) is 6.21. The van der Waals surface area contributed by atoms with E-state index in [1.165, 1.54) is 18.2 Å². The van der Waals surface area contributed by atoms with Crippen molar-refractivity contribution in [2.75, 3.05) is 26.2 Å². The fourth-order valence-corrected chi connectivity index (χ4v) is 2.50. The molecule has 2 rings (SSSR count). The van der Waals surface area contributed by atoms with Crippen molar-refractivity contribution < 1.29 is 9.50 Å². The molecule has 3 nitrogen and oxygen atoms in total. The van der Waals surface area contributed by atoms with Gasteiger partial charge in [0.2, 0.25) is 0 Å². The summed E-state index contributed by atoms with van der Waals surface area (Å²) in [5.41, 5.74) is 0.872. The molecule has 1 aliphatic rings. The van der Waals surface area contributed by atoms with E-state index in [0.29, 0.717) is 12.1 Å². The second-order valence-electron chi connectivity index (χ2n) is 6.21. The number of hydrogen-bond donors (Lipinski definition) is 1. The molecule has 0 atom stereocenters. The van der Waals surface area contributed by atoms with E-state index in [-0.39, 0.29) is 17.1 Å². The zero-order chi connectivity index (χ0) is 14.0. The highest BCUT2D eigenvalue weighted by Gasteiger charge is 2.25. The van der Waals surface area contributed by atoms with Crippen LogP contribution >= 0.6 is 0 Å². The summed E-state index contributed by atoms with van der Waals surface area (Å²) in [6.45, 7) is 11.2. The summed E-state index contributed by atoms with van der Waals surface area (Å²) < 4.78 is 13.2. The molecule has 0 unspecified atom stereocenters. The number of phenols is 1. The first-order valence-electron chi connectivity index (χ1n) is 6.81. The van der Waals surface area contributed by atoms with Crippen LogP contribution in [0.5, 0.6) is 5.75 Å². The zero-order valence-corrected chi connectivity index (χ0v) is 12.0. The molecular weight excluding hydrogens is 243 g/mol. The summed E-state index contributed by atoms with van der Waals surface area (Å²) in [6.07, 6.45) is 0. The van der Waals surface area contributed by atoms with Gasteiger partial charge in [-0.25, -0.2) is 4.39 Å². The van der Waals surface area contributed by atoms with Gasteiger partial charge in [0, 0.05) is 43.8 Å². The van der Waals surface area contributed by atoms with E-state index in [9.17, 15) is 9.50 Å². The zero-order valence-electron chi connectivity index (χ0n) is 12.0. The Morgan fingerprint density at radius 2 is 1.79 bits per heavy atom. The number of benzene rings is 1. The van der Waals surface area contributed by atoms with E-state index in [1.54, 1.807) is 0 Å². The van der Waals surface area contributed by atoms with Gasteiger partial charge in [0.05, 0.1) is 0 Å². The monoisotopic (exact) mass is 266 g/mol.